The number of nitrogens with one attached hydrogen (secondary N) is 1. The Kier molecular flexibility index (Phi) is 5.04. The van der Waals surface area contributed by atoms with Crippen LogP contribution in [0.5, 0.6) is 0 Å². The molecule has 11 heteroatoms. The molecule has 1 amide bonds. The van der Waals surface area contributed by atoms with Crippen LogP contribution in [0.1, 0.15) is 5.56 Å². The van der Waals surface area contributed by atoms with Crippen molar-refractivity contribution in [3.05, 3.63) is 60.6 Å². The minimum atomic E-state index is -3.30. The number of nitrogens with zero attached hydrogens (tertiary/aromatic N) is 5. The summed E-state index contributed by atoms with van der Waals surface area (Å²) >= 11 is 0. The molecular formula is C24H22N6O4S. The van der Waals surface area contributed by atoms with Crippen molar-refractivity contribution < 1.29 is 17.9 Å². The molecule has 0 bridgehead atoms. The SMILES string of the molecule is CS(=O)(=O)c1ccc(CN2C(=O)C3COCCN3c3nc(-c4cnc5cc[nH]c5c4)ncc32)cc1. The molecule has 178 valence electrons. The molecule has 1 atom stereocenters. The summed E-state index contributed by atoms with van der Waals surface area (Å²) in [6, 6.07) is 9.92. The largest absolute Gasteiger partial charge is 0.377 e. The van der Waals surface area contributed by atoms with E-state index in [2.05, 4.69) is 15.0 Å². The molecule has 5 heterocycles. The van der Waals surface area contributed by atoms with Gasteiger partial charge < -0.3 is 19.5 Å². The van der Waals surface area contributed by atoms with Crippen molar-refractivity contribution in [1.82, 2.24) is 19.9 Å². The van der Waals surface area contributed by atoms with E-state index in [1.54, 1.807) is 41.6 Å². The van der Waals surface area contributed by atoms with Gasteiger partial charge in [0.25, 0.3) is 5.91 Å². The van der Waals surface area contributed by atoms with Gasteiger partial charge in [-0.3, -0.25) is 9.78 Å². The van der Waals surface area contributed by atoms with Gasteiger partial charge in [-0.1, -0.05) is 12.1 Å². The fraction of sp³-hybridized carbons (Fsp3) is 0.250. The monoisotopic (exact) mass is 490 g/mol. The smallest absolute Gasteiger partial charge is 0.252 e. The van der Waals surface area contributed by atoms with Crippen LogP contribution >= 0.6 is 0 Å². The Morgan fingerprint density at radius 3 is 2.77 bits per heavy atom. The maximum Gasteiger partial charge on any atom is 0.252 e. The number of carbonyl (C=O) groups excluding carboxylic acids is 1. The van der Waals surface area contributed by atoms with Crippen LogP contribution in [0.3, 0.4) is 0 Å². The number of carbonyl (C=O) groups is 1. The van der Waals surface area contributed by atoms with Crippen LogP contribution < -0.4 is 9.80 Å². The highest BCUT2D eigenvalue weighted by Gasteiger charge is 2.41. The summed E-state index contributed by atoms with van der Waals surface area (Å²) in [5, 5.41) is 0. The lowest BCUT2D eigenvalue weighted by molar-refractivity contribution is -0.122. The Morgan fingerprint density at radius 1 is 1.14 bits per heavy atom. The molecule has 0 radical (unpaired) electrons. The first-order chi connectivity index (χ1) is 16.9. The Bertz CT molecular complexity index is 1550. The van der Waals surface area contributed by atoms with Crippen molar-refractivity contribution >= 4 is 38.3 Å². The number of ether oxygens (including phenoxy) is 1. The molecule has 1 fully saturated rings. The van der Waals surface area contributed by atoms with Crippen LogP contribution in [-0.4, -0.2) is 66.3 Å². The third-order valence-corrected chi connectivity index (χ3v) is 7.47. The number of benzene rings is 1. The molecule has 4 aromatic rings. The fourth-order valence-electron chi connectivity index (χ4n) is 4.51. The molecule has 1 aromatic carbocycles. The standard InChI is InChI=1S/C24H22N6O4S/c1-35(32,33)17-4-2-15(3-5-17)13-30-20-12-27-22(16-10-19-18(26-11-16)6-7-25-19)28-23(20)29-8-9-34-14-21(29)24(30)31/h2-7,10-12,21,25H,8-9,13-14H2,1H3. The summed E-state index contributed by atoms with van der Waals surface area (Å²) in [7, 11) is -3.30. The maximum atomic E-state index is 13.5. The van der Waals surface area contributed by atoms with Crippen LogP contribution in [-0.2, 0) is 25.9 Å². The number of H-pyrrole nitrogens is 1. The fourth-order valence-corrected chi connectivity index (χ4v) is 5.14. The first kappa shape index (κ1) is 21.7. The van der Waals surface area contributed by atoms with Crippen LogP contribution in [0.2, 0.25) is 0 Å². The average molecular weight is 491 g/mol. The van der Waals surface area contributed by atoms with E-state index < -0.39 is 15.9 Å². The zero-order valence-corrected chi connectivity index (χ0v) is 19.7. The number of sulfone groups is 1. The van der Waals surface area contributed by atoms with Crippen LogP contribution in [0.25, 0.3) is 22.4 Å². The number of anilines is 2. The van der Waals surface area contributed by atoms with E-state index in [4.69, 9.17) is 9.72 Å². The molecule has 35 heavy (non-hydrogen) atoms. The number of aromatic nitrogens is 4. The van der Waals surface area contributed by atoms with E-state index in [-0.39, 0.29) is 24.0 Å². The first-order valence-corrected chi connectivity index (χ1v) is 13.0. The van der Waals surface area contributed by atoms with E-state index >= 15 is 0 Å². The van der Waals surface area contributed by atoms with Crippen molar-refractivity contribution in [2.45, 2.75) is 17.5 Å². The maximum absolute atomic E-state index is 13.5. The third kappa shape index (κ3) is 3.82. The normalized spacial score (nSPS) is 18.0. The number of fused-ring (bicyclic) bond motifs is 4. The molecule has 2 aliphatic heterocycles. The molecule has 0 aliphatic carbocycles. The van der Waals surface area contributed by atoms with Gasteiger partial charge in [-0.2, -0.15) is 0 Å². The molecule has 10 nitrogen and oxygen atoms in total. The first-order valence-electron chi connectivity index (χ1n) is 11.1. The summed E-state index contributed by atoms with van der Waals surface area (Å²) in [6.45, 7) is 1.59. The third-order valence-electron chi connectivity index (χ3n) is 6.34. The van der Waals surface area contributed by atoms with Crippen LogP contribution in [0, 0.1) is 0 Å². The number of amides is 1. The van der Waals surface area contributed by atoms with E-state index in [1.807, 2.05) is 23.2 Å². The summed E-state index contributed by atoms with van der Waals surface area (Å²) in [5.41, 5.74) is 3.93. The predicted molar refractivity (Wildman–Crippen MR) is 130 cm³/mol. The molecule has 0 saturated carbocycles. The van der Waals surface area contributed by atoms with E-state index in [9.17, 15) is 13.2 Å². The van der Waals surface area contributed by atoms with Gasteiger partial charge in [0.2, 0.25) is 0 Å². The molecule has 1 N–H and O–H groups in total. The number of hydrogen-bond acceptors (Lipinski definition) is 8. The Balaban J connectivity index is 1.40. The number of morpholine rings is 1. The highest BCUT2D eigenvalue weighted by Crippen LogP contribution is 2.37. The quantitative estimate of drug-likeness (QED) is 0.462. The van der Waals surface area contributed by atoms with Gasteiger partial charge in [0, 0.05) is 30.8 Å². The van der Waals surface area contributed by atoms with Gasteiger partial charge in [-0.25, -0.2) is 18.4 Å². The van der Waals surface area contributed by atoms with E-state index in [0.717, 1.165) is 22.2 Å². The lowest BCUT2D eigenvalue weighted by Gasteiger charge is -2.43. The van der Waals surface area contributed by atoms with Crippen molar-refractivity contribution in [3.63, 3.8) is 0 Å². The minimum absolute atomic E-state index is 0.102. The predicted octanol–water partition coefficient (Wildman–Crippen LogP) is 2.18. The molecule has 6 rings (SSSR count). The summed E-state index contributed by atoms with van der Waals surface area (Å²) in [6.07, 6.45) is 6.41. The Morgan fingerprint density at radius 2 is 1.97 bits per heavy atom. The van der Waals surface area contributed by atoms with Gasteiger partial charge in [-0.05, 0) is 29.8 Å². The van der Waals surface area contributed by atoms with Crippen LogP contribution in [0.15, 0.2) is 59.9 Å². The number of pyridine rings is 1. The van der Waals surface area contributed by atoms with Gasteiger partial charge in [0.05, 0.1) is 41.9 Å². The zero-order chi connectivity index (χ0) is 24.2. The van der Waals surface area contributed by atoms with E-state index in [1.165, 1.54) is 6.26 Å². The van der Waals surface area contributed by atoms with E-state index in [0.29, 0.717) is 30.5 Å². The lowest BCUT2D eigenvalue weighted by Crippen LogP contribution is -2.58. The Labute approximate surface area is 201 Å². The minimum Gasteiger partial charge on any atom is -0.377 e. The summed E-state index contributed by atoms with van der Waals surface area (Å²) in [4.78, 5) is 34.4. The molecule has 1 saturated heterocycles. The molecule has 0 spiro atoms. The molecule has 2 aliphatic rings. The summed E-state index contributed by atoms with van der Waals surface area (Å²) < 4.78 is 29.2. The zero-order valence-electron chi connectivity index (χ0n) is 18.9. The second kappa shape index (κ2) is 8.14. The van der Waals surface area contributed by atoms with Gasteiger partial charge in [0.15, 0.2) is 21.5 Å². The highest BCUT2D eigenvalue weighted by molar-refractivity contribution is 7.90. The van der Waals surface area contributed by atoms with Crippen molar-refractivity contribution in [1.29, 1.82) is 0 Å². The second-order valence-corrected chi connectivity index (χ2v) is 10.7. The van der Waals surface area contributed by atoms with Crippen molar-refractivity contribution in [3.8, 4) is 11.4 Å². The van der Waals surface area contributed by atoms with Gasteiger partial charge in [0.1, 0.15) is 11.7 Å². The molecule has 3 aromatic heterocycles. The lowest BCUT2D eigenvalue weighted by atomic mass is 10.1. The number of aromatic amines is 1. The Hall–Kier alpha value is -3.83. The van der Waals surface area contributed by atoms with Gasteiger partial charge in [-0.15, -0.1) is 0 Å². The van der Waals surface area contributed by atoms with Crippen LogP contribution in [0.4, 0.5) is 11.5 Å². The average Bonchev–Trinajstić information content (AvgIpc) is 3.34. The van der Waals surface area contributed by atoms with Crippen molar-refractivity contribution in [2.24, 2.45) is 0 Å². The summed E-state index contributed by atoms with van der Waals surface area (Å²) in [5.74, 6) is 1.09. The van der Waals surface area contributed by atoms with Crippen molar-refractivity contribution in [2.75, 3.05) is 35.8 Å². The molecular weight excluding hydrogens is 468 g/mol. The van der Waals surface area contributed by atoms with Gasteiger partial charge >= 0.3 is 0 Å². The number of rotatable bonds is 4. The number of hydrogen-bond donors (Lipinski definition) is 1. The topological polar surface area (TPSA) is 121 Å². The second-order valence-electron chi connectivity index (χ2n) is 8.66. The molecule has 1 unspecified atom stereocenters. The highest BCUT2D eigenvalue weighted by atomic mass is 32.2.